The van der Waals surface area contributed by atoms with Gasteiger partial charge in [-0.1, -0.05) is 0 Å². The Morgan fingerprint density at radius 1 is 1.55 bits per heavy atom. The molecule has 60 valence electrons. The molecule has 1 aromatic rings. The van der Waals surface area contributed by atoms with Crippen molar-refractivity contribution in [3.05, 3.63) is 17.9 Å². The summed E-state index contributed by atoms with van der Waals surface area (Å²) >= 11 is 3.85. The van der Waals surface area contributed by atoms with E-state index in [2.05, 4.69) is 17.4 Å². The maximum Gasteiger partial charge on any atom is 0.196 e. The molecule has 1 N–H and O–H groups in total. The summed E-state index contributed by atoms with van der Waals surface area (Å²) in [6, 6.07) is 2.48. The molecule has 0 aliphatic rings. The third-order valence-corrected chi connectivity index (χ3v) is 1.47. The van der Waals surface area contributed by atoms with E-state index >= 15 is 0 Å². The first-order valence-electron chi connectivity index (χ1n) is 2.90. The molecular weight excluding hydrogens is 167 g/mol. The molecule has 0 heterocycles. The summed E-state index contributed by atoms with van der Waals surface area (Å²) in [4.78, 5) is 0.362. The van der Waals surface area contributed by atoms with E-state index in [4.69, 9.17) is 5.11 Å². The predicted octanol–water partition coefficient (Wildman–Crippen LogP) is 1.83. The fraction of sp³-hybridized carbons (Fsp3) is 0.143. The normalized spacial score (nSPS) is 9.73. The minimum Gasteiger partial charge on any atom is -0.504 e. The SMILES string of the molecule is COc1c(O)cc(S)cc1F. The molecule has 0 aliphatic heterocycles. The van der Waals surface area contributed by atoms with E-state index in [1.54, 1.807) is 0 Å². The molecule has 0 aliphatic carbocycles. The summed E-state index contributed by atoms with van der Waals surface area (Å²) in [5.74, 6) is -1.00. The lowest BCUT2D eigenvalue weighted by atomic mass is 10.3. The first kappa shape index (κ1) is 8.20. The number of phenolic OH excluding ortho intramolecular Hbond substituents is 1. The molecule has 11 heavy (non-hydrogen) atoms. The number of phenols is 1. The molecule has 0 unspecified atom stereocenters. The fourth-order valence-corrected chi connectivity index (χ4v) is 1.00. The number of thiol groups is 1. The second kappa shape index (κ2) is 3.00. The van der Waals surface area contributed by atoms with Gasteiger partial charge in [0.25, 0.3) is 0 Å². The van der Waals surface area contributed by atoms with Gasteiger partial charge in [-0.25, -0.2) is 4.39 Å². The smallest absolute Gasteiger partial charge is 0.196 e. The molecule has 0 fully saturated rings. The van der Waals surface area contributed by atoms with Crippen molar-refractivity contribution >= 4 is 12.6 Å². The van der Waals surface area contributed by atoms with Crippen molar-refractivity contribution in [1.29, 1.82) is 0 Å². The lowest BCUT2D eigenvalue weighted by molar-refractivity contribution is 0.350. The number of benzene rings is 1. The van der Waals surface area contributed by atoms with Crippen molar-refractivity contribution in [1.82, 2.24) is 0 Å². The molecule has 0 saturated heterocycles. The largest absolute Gasteiger partial charge is 0.504 e. The number of aromatic hydroxyl groups is 1. The van der Waals surface area contributed by atoms with E-state index in [0.717, 1.165) is 0 Å². The number of hydrogen-bond acceptors (Lipinski definition) is 3. The first-order chi connectivity index (χ1) is 5.15. The van der Waals surface area contributed by atoms with E-state index < -0.39 is 5.82 Å². The van der Waals surface area contributed by atoms with Crippen molar-refractivity contribution < 1.29 is 14.2 Å². The topological polar surface area (TPSA) is 29.5 Å². The van der Waals surface area contributed by atoms with Gasteiger partial charge in [-0.2, -0.15) is 0 Å². The second-order valence-electron chi connectivity index (χ2n) is 1.98. The average molecular weight is 174 g/mol. The number of halogens is 1. The highest BCUT2D eigenvalue weighted by Gasteiger charge is 2.08. The highest BCUT2D eigenvalue weighted by atomic mass is 32.1. The quantitative estimate of drug-likeness (QED) is 0.636. The Morgan fingerprint density at radius 3 is 2.64 bits per heavy atom. The van der Waals surface area contributed by atoms with E-state index in [1.165, 1.54) is 19.2 Å². The molecule has 0 radical (unpaired) electrons. The Balaban J connectivity index is 3.25. The fourth-order valence-electron chi connectivity index (χ4n) is 0.767. The van der Waals surface area contributed by atoms with Gasteiger partial charge in [-0.05, 0) is 12.1 Å². The molecule has 0 atom stereocenters. The Hall–Kier alpha value is -0.900. The van der Waals surface area contributed by atoms with Crippen LogP contribution in [0.15, 0.2) is 17.0 Å². The lowest BCUT2D eigenvalue weighted by Crippen LogP contribution is -1.88. The van der Waals surface area contributed by atoms with Gasteiger partial charge in [0.2, 0.25) is 0 Å². The number of rotatable bonds is 1. The van der Waals surface area contributed by atoms with Crippen LogP contribution in [0.5, 0.6) is 11.5 Å². The highest BCUT2D eigenvalue weighted by Crippen LogP contribution is 2.31. The maximum absolute atomic E-state index is 12.8. The molecule has 0 spiro atoms. The van der Waals surface area contributed by atoms with Crippen LogP contribution in [0.25, 0.3) is 0 Å². The van der Waals surface area contributed by atoms with Crippen LogP contribution in [-0.4, -0.2) is 12.2 Å². The molecule has 0 aromatic heterocycles. The number of hydrogen-bond donors (Lipinski definition) is 2. The Morgan fingerprint density at radius 2 is 2.18 bits per heavy atom. The van der Waals surface area contributed by atoms with Crippen molar-refractivity contribution in [2.45, 2.75) is 4.90 Å². The van der Waals surface area contributed by atoms with Crippen LogP contribution in [0, 0.1) is 5.82 Å². The van der Waals surface area contributed by atoms with Crippen LogP contribution in [0.2, 0.25) is 0 Å². The van der Waals surface area contributed by atoms with E-state index in [1.807, 2.05) is 0 Å². The first-order valence-corrected chi connectivity index (χ1v) is 3.35. The lowest BCUT2D eigenvalue weighted by Gasteiger charge is -2.04. The maximum atomic E-state index is 12.8. The summed E-state index contributed by atoms with van der Waals surface area (Å²) in [6.07, 6.45) is 0. The summed E-state index contributed by atoms with van der Waals surface area (Å²) in [5.41, 5.74) is 0. The van der Waals surface area contributed by atoms with Crippen LogP contribution in [0.1, 0.15) is 0 Å². The van der Waals surface area contributed by atoms with Gasteiger partial charge in [0, 0.05) is 4.90 Å². The zero-order chi connectivity index (χ0) is 8.43. The van der Waals surface area contributed by atoms with Gasteiger partial charge in [0.15, 0.2) is 17.3 Å². The third kappa shape index (κ3) is 1.57. The van der Waals surface area contributed by atoms with E-state index in [0.29, 0.717) is 4.90 Å². The number of methoxy groups -OCH3 is 1. The monoisotopic (exact) mass is 174 g/mol. The Kier molecular flexibility index (Phi) is 2.24. The van der Waals surface area contributed by atoms with E-state index in [-0.39, 0.29) is 11.5 Å². The van der Waals surface area contributed by atoms with Crippen LogP contribution in [0.4, 0.5) is 4.39 Å². The standard InChI is InChI=1S/C7H7FO2S/c1-10-7-5(8)2-4(11)3-6(7)9/h2-3,9,11H,1H3. The van der Waals surface area contributed by atoms with Crippen LogP contribution in [-0.2, 0) is 0 Å². The molecule has 0 saturated carbocycles. The molecule has 1 aromatic carbocycles. The molecular formula is C7H7FO2S. The van der Waals surface area contributed by atoms with Crippen molar-refractivity contribution in [2.75, 3.05) is 7.11 Å². The van der Waals surface area contributed by atoms with Gasteiger partial charge < -0.3 is 9.84 Å². The van der Waals surface area contributed by atoms with Gasteiger partial charge in [-0.15, -0.1) is 12.6 Å². The summed E-state index contributed by atoms with van der Waals surface area (Å²) in [5, 5.41) is 9.06. The van der Waals surface area contributed by atoms with Crippen LogP contribution < -0.4 is 4.74 Å². The molecule has 4 heteroatoms. The van der Waals surface area contributed by atoms with Crippen molar-refractivity contribution in [3.63, 3.8) is 0 Å². The molecule has 0 bridgehead atoms. The molecule has 1 rings (SSSR count). The zero-order valence-corrected chi connectivity index (χ0v) is 6.73. The second-order valence-corrected chi connectivity index (χ2v) is 2.50. The molecule has 2 nitrogen and oxygen atoms in total. The van der Waals surface area contributed by atoms with Crippen molar-refractivity contribution in [2.24, 2.45) is 0 Å². The van der Waals surface area contributed by atoms with Gasteiger partial charge in [0.05, 0.1) is 7.11 Å². The summed E-state index contributed by atoms with van der Waals surface area (Å²) in [7, 11) is 1.29. The Labute approximate surface area is 69.0 Å². The van der Waals surface area contributed by atoms with Crippen LogP contribution in [0.3, 0.4) is 0 Å². The van der Waals surface area contributed by atoms with Crippen molar-refractivity contribution in [3.8, 4) is 11.5 Å². The highest BCUT2D eigenvalue weighted by molar-refractivity contribution is 7.80. The van der Waals surface area contributed by atoms with E-state index in [9.17, 15) is 4.39 Å². The van der Waals surface area contributed by atoms with Gasteiger partial charge in [-0.3, -0.25) is 0 Å². The average Bonchev–Trinajstić information content (AvgIpc) is 1.85. The summed E-state index contributed by atoms with van der Waals surface area (Å²) in [6.45, 7) is 0. The minimum absolute atomic E-state index is 0.150. The van der Waals surface area contributed by atoms with Gasteiger partial charge >= 0.3 is 0 Å². The summed E-state index contributed by atoms with van der Waals surface area (Å²) < 4.78 is 17.3. The van der Waals surface area contributed by atoms with Gasteiger partial charge in [0.1, 0.15) is 0 Å². The Bertz CT molecular complexity index is 252. The third-order valence-electron chi connectivity index (χ3n) is 1.21. The zero-order valence-electron chi connectivity index (χ0n) is 5.84. The predicted molar refractivity (Wildman–Crippen MR) is 41.9 cm³/mol. The van der Waals surface area contributed by atoms with Crippen LogP contribution >= 0.6 is 12.6 Å². The molecule has 0 amide bonds. The minimum atomic E-state index is -0.613. The number of ether oxygens (including phenoxy) is 1.